The molecule has 0 bridgehead atoms. The molecule has 1 aliphatic rings. The Kier molecular flexibility index (Phi) is 5.60. The van der Waals surface area contributed by atoms with Gasteiger partial charge in [0.1, 0.15) is 6.61 Å². The maximum atomic E-state index is 12.2. The van der Waals surface area contributed by atoms with Crippen LogP contribution in [0, 0.1) is 5.92 Å². The molecule has 1 aliphatic carbocycles. The van der Waals surface area contributed by atoms with Crippen molar-refractivity contribution in [2.24, 2.45) is 5.92 Å². The lowest BCUT2D eigenvalue weighted by molar-refractivity contribution is -0.139. The van der Waals surface area contributed by atoms with Crippen LogP contribution in [0.2, 0.25) is 0 Å². The summed E-state index contributed by atoms with van der Waals surface area (Å²) in [5.74, 6) is 0.700. The number of likely N-dealkylation sites (N-methyl/N-ethyl adjacent to an activating group) is 1. The summed E-state index contributed by atoms with van der Waals surface area (Å²) in [5, 5.41) is 0. The molecular formula is C17H25NO2. The van der Waals surface area contributed by atoms with Crippen molar-refractivity contribution >= 4 is 5.91 Å². The molecule has 3 heteroatoms. The second-order valence-corrected chi connectivity index (χ2v) is 5.81. The van der Waals surface area contributed by atoms with Crippen LogP contribution in [0.4, 0.5) is 0 Å². The zero-order valence-corrected chi connectivity index (χ0v) is 12.5. The molecule has 0 radical (unpaired) electrons. The van der Waals surface area contributed by atoms with Crippen molar-refractivity contribution in [3.63, 3.8) is 0 Å². The van der Waals surface area contributed by atoms with Crippen LogP contribution in [-0.2, 0) is 16.1 Å². The lowest BCUT2D eigenvalue weighted by atomic mass is 9.85. The Morgan fingerprint density at radius 2 is 1.95 bits per heavy atom. The Balaban J connectivity index is 1.76. The normalized spacial score (nSPS) is 22.5. The number of rotatable bonds is 5. The summed E-state index contributed by atoms with van der Waals surface area (Å²) in [6, 6.07) is 10.4. The molecule has 1 fully saturated rings. The Labute approximate surface area is 121 Å². The van der Waals surface area contributed by atoms with E-state index in [1.807, 2.05) is 42.3 Å². The average Bonchev–Trinajstić information content (AvgIpc) is 2.48. The first-order chi connectivity index (χ1) is 9.68. The Morgan fingerprint density at radius 1 is 1.25 bits per heavy atom. The number of hydrogen-bond acceptors (Lipinski definition) is 2. The first kappa shape index (κ1) is 15.0. The van der Waals surface area contributed by atoms with Crippen LogP contribution in [0.15, 0.2) is 30.3 Å². The summed E-state index contributed by atoms with van der Waals surface area (Å²) >= 11 is 0. The number of amides is 1. The van der Waals surface area contributed by atoms with Crippen LogP contribution < -0.4 is 0 Å². The maximum absolute atomic E-state index is 12.2. The standard InChI is InChI=1S/C17H25NO2/c1-14-8-6-7-11-16(14)18(2)17(19)13-20-12-15-9-4-3-5-10-15/h3-5,9-10,14,16H,6-8,11-13H2,1-2H3. The maximum Gasteiger partial charge on any atom is 0.248 e. The van der Waals surface area contributed by atoms with Gasteiger partial charge in [-0.2, -0.15) is 0 Å². The van der Waals surface area contributed by atoms with Crippen molar-refractivity contribution < 1.29 is 9.53 Å². The van der Waals surface area contributed by atoms with Crippen LogP contribution in [0.5, 0.6) is 0 Å². The molecule has 3 nitrogen and oxygen atoms in total. The third kappa shape index (κ3) is 4.07. The number of ether oxygens (including phenoxy) is 1. The van der Waals surface area contributed by atoms with Gasteiger partial charge in [0.05, 0.1) is 6.61 Å². The van der Waals surface area contributed by atoms with Crippen LogP contribution >= 0.6 is 0 Å². The predicted octanol–water partition coefficient (Wildman–Crippen LogP) is 3.24. The summed E-state index contributed by atoms with van der Waals surface area (Å²) in [6.07, 6.45) is 4.89. The van der Waals surface area contributed by atoms with Gasteiger partial charge < -0.3 is 9.64 Å². The molecular weight excluding hydrogens is 250 g/mol. The van der Waals surface area contributed by atoms with Gasteiger partial charge in [0.2, 0.25) is 5.91 Å². The number of carbonyl (C=O) groups excluding carboxylic acids is 1. The first-order valence-electron chi connectivity index (χ1n) is 7.56. The molecule has 2 unspecified atom stereocenters. The molecule has 110 valence electrons. The van der Waals surface area contributed by atoms with Gasteiger partial charge in [-0.1, -0.05) is 50.1 Å². The molecule has 1 saturated carbocycles. The lowest BCUT2D eigenvalue weighted by Gasteiger charge is -2.36. The Hall–Kier alpha value is -1.35. The van der Waals surface area contributed by atoms with Gasteiger partial charge in [-0.05, 0) is 24.3 Å². The highest BCUT2D eigenvalue weighted by atomic mass is 16.5. The van der Waals surface area contributed by atoms with Gasteiger partial charge >= 0.3 is 0 Å². The first-order valence-corrected chi connectivity index (χ1v) is 7.56. The van der Waals surface area contributed by atoms with Crippen molar-refractivity contribution in [1.29, 1.82) is 0 Å². The van der Waals surface area contributed by atoms with Crippen molar-refractivity contribution in [1.82, 2.24) is 4.90 Å². The van der Waals surface area contributed by atoms with E-state index in [-0.39, 0.29) is 12.5 Å². The molecule has 0 heterocycles. The van der Waals surface area contributed by atoms with Crippen molar-refractivity contribution in [3.8, 4) is 0 Å². The lowest BCUT2D eigenvalue weighted by Crippen LogP contribution is -2.44. The van der Waals surface area contributed by atoms with Crippen molar-refractivity contribution in [2.75, 3.05) is 13.7 Å². The monoisotopic (exact) mass is 275 g/mol. The van der Waals surface area contributed by atoms with Gasteiger partial charge in [-0.25, -0.2) is 0 Å². The fraction of sp³-hybridized carbons (Fsp3) is 0.588. The second kappa shape index (κ2) is 7.44. The zero-order valence-electron chi connectivity index (χ0n) is 12.5. The molecule has 1 aromatic carbocycles. The van der Waals surface area contributed by atoms with Crippen LogP contribution in [0.1, 0.15) is 38.2 Å². The summed E-state index contributed by atoms with van der Waals surface area (Å²) < 4.78 is 5.54. The zero-order chi connectivity index (χ0) is 14.4. The molecule has 20 heavy (non-hydrogen) atoms. The Morgan fingerprint density at radius 3 is 2.65 bits per heavy atom. The highest BCUT2D eigenvalue weighted by Gasteiger charge is 2.27. The number of nitrogens with zero attached hydrogens (tertiary/aromatic N) is 1. The number of benzene rings is 1. The third-order valence-electron chi connectivity index (χ3n) is 4.29. The molecule has 0 saturated heterocycles. The van der Waals surface area contributed by atoms with Gasteiger partial charge in [0.25, 0.3) is 0 Å². The topological polar surface area (TPSA) is 29.5 Å². The molecule has 0 N–H and O–H groups in total. The average molecular weight is 275 g/mol. The van der Waals surface area contributed by atoms with E-state index < -0.39 is 0 Å². The summed E-state index contributed by atoms with van der Waals surface area (Å²) in [7, 11) is 1.92. The highest BCUT2D eigenvalue weighted by molar-refractivity contribution is 5.77. The summed E-state index contributed by atoms with van der Waals surface area (Å²) in [4.78, 5) is 14.1. The van der Waals surface area contributed by atoms with Gasteiger partial charge in [0, 0.05) is 13.1 Å². The van der Waals surface area contributed by atoms with E-state index in [1.165, 1.54) is 19.3 Å². The summed E-state index contributed by atoms with van der Waals surface area (Å²) in [5.41, 5.74) is 1.11. The van der Waals surface area contributed by atoms with Crippen molar-refractivity contribution in [2.45, 2.75) is 45.3 Å². The fourth-order valence-corrected chi connectivity index (χ4v) is 2.99. The van der Waals surface area contributed by atoms with Crippen LogP contribution in [0.25, 0.3) is 0 Å². The van der Waals surface area contributed by atoms with E-state index in [2.05, 4.69) is 6.92 Å². The van der Waals surface area contributed by atoms with E-state index in [9.17, 15) is 4.79 Å². The van der Waals surface area contributed by atoms with E-state index in [4.69, 9.17) is 4.74 Å². The third-order valence-corrected chi connectivity index (χ3v) is 4.29. The number of carbonyl (C=O) groups is 1. The molecule has 1 amide bonds. The van der Waals surface area contributed by atoms with E-state index in [1.54, 1.807) is 0 Å². The van der Waals surface area contributed by atoms with Crippen molar-refractivity contribution in [3.05, 3.63) is 35.9 Å². The molecule has 0 aromatic heterocycles. The van der Waals surface area contributed by atoms with Crippen LogP contribution in [0.3, 0.4) is 0 Å². The molecule has 0 aliphatic heterocycles. The second-order valence-electron chi connectivity index (χ2n) is 5.81. The largest absolute Gasteiger partial charge is 0.367 e. The van der Waals surface area contributed by atoms with Crippen LogP contribution in [-0.4, -0.2) is 30.5 Å². The highest BCUT2D eigenvalue weighted by Crippen LogP contribution is 2.27. The SMILES string of the molecule is CC1CCCCC1N(C)C(=O)COCc1ccccc1. The number of hydrogen-bond donors (Lipinski definition) is 0. The van der Waals surface area contributed by atoms with Gasteiger partial charge in [-0.15, -0.1) is 0 Å². The van der Waals surface area contributed by atoms with E-state index in [0.29, 0.717) is 18.6 Å². The predicted molar refractivity (Wildman–Crippen MR) is 80.3 cm³/mol. The fourth-order valence-electron chi connectivity index (χ4n) is 2.99. The molecule has 2 atom stereocenters. The van der Waals surface area contributed by atoms with Gasteiger partial charge in [0.15, 0.2) is 0 Å². The minimum atomic E-state index is 0.0969. The minimum Gasteiger partial charge on any atom is -0.367 e. The smallest absolute Gasteiger partial charge is 0.248 e. The quantitative estimate of drug-likeness (QED) is 0.825. The van der Waals surface area contributed by atoms with Gasteiger partial charge in [-0.3, -0.25) is 4.79 Å². The molecule has 1 aromatic rings. The minimum absolute atomic E-state index is 0.0969. The Bertz CT molecular complexity index is 418. The van der Waals surface area contributed by atoms with E-state index in [0.717, 1.165) is 12.0 Å². The van der Waals surface area contributed by atoms with E-state index >= 15 is 0 Å². The molecule has 0 spiro atoms. The molecule has 2 rings (SSSR count). The summed E-state index contributed by atoms with van der Waals surface area (Å²) in [6.45, 7) is 2.92.